The van der Waals surface area contributed by atoms with Crippen molar-refractivity contribution in [1.82, 2.24) is 5.32 Å². The summed E-state index contributed by atoms with van der Waals surface area (Å²) in [5.41, 5.74) is 2.51. The molecule has 2 heteroatoms. The third-order valence-electron chi connectivity index (χ3n) is 1.94. The molecule has 0 atom stereocenters. The van der Waals surface area contributed by atoms with E-state index in [1.165, 1.54) is 11.1 Å². The fourth-order valence-corrected chi connectivity index (χ4v) is 1.27. The van der Waals surface area contributed by atoms with E-state index in [1.54, 1.807) is 7.11 Å². The van der Waals surface area contributed by atoms with Gasteiger partial charge in [0, 0.05) is 12.1 Å². The zero-order valence-corrected chi connectivity index (χ0v) is 7.85. The monoisotopic (exact) mass is 165 g/mol. The predicted molar refractivity (Wildman–Crippen MR) is 50.5 cm³/mol. The number of ether oxygens (including phenoxy) is 1. The molecule has 0 aromatic heterocycles. The highest BCUT2D eigenvalue weighted by atomic mass is 16.5. The highest BCUT2D eigenvalue weighted by Crippen LogP contribution is 2.20. The first-order valence-corrected chi connectivity index (χ1v) is 4.06. The summed E-state index contributed by atoms with van der Waals surface area (Å²) in [5.74, 6) is 0.962. The molecule has 66 valence electrons. The SMILES string of the molecule is CNCc1c(C)cccc1OC. The summed E-state index contributed by atoms with van der Waals surface area (Å²) in [4.78, 5) is 0. The van der Waals surface area contributed by atoms with Crippen LogP contribution in [0.5, 0.6) is 5.75 Å². The summed E-state index contributed by atoms with van der Waals surface area (Å²) >= 11 is 0. The van der Waals surface area contributed by atoms with Crippen LogP contribution in [-0.4, -0.2) is 14.2 Å². The molecular weight excluding hydrogens is 150 g/mol. The van der Waals surface area contributed by atoms with Gasteiger partial charge in [-0.25, -0.2) is 0 Å². The van der Waals surface area contributed by atoms with E-state index in [-0.39, 0.29) is 0 Å². The average molecular weight is 165 g/mol. The quantitative estimate of drug-likeness (QED) is 0.736. The standard InChI is InChI=1S/C10H15NO/c1-8-5-4-6-10(12-3)9(8)7-11-2/h4-6,11H,7H2,1-3H3. The summed E-state index contributed by atoms with van der Waals surface area (Å²) in [5, 5.41) is 3.12. The second-order valence-corrected chi connectivity index (χ2v) is 2.79. The third-order valence-corrected chi connectivity index (χ3v) is 1.94. The summed E-state index contributed by atoms with van der Waals surface area (Å²) in [6, 6.07) is 6.09. The highest BCUT2D eigenvalue weighted by Gasteiger charge is 2.03. The molecular formula is C10H15NO. The number of hydrogen-bond donors (Lipinski definition) is 1. The van der Waals surface area contributed by atoms with E-state index in [0.29, 0.717) is 0 Å². The molecule has 0 aliphatic heterocycles. The van der Waals surface area contributed by atoms with E-state index in [1.807, 2.05) is 19.2 Å². The van der Waals surface area contributed by atoms with Crippen LogP contribution >= 0.6 is 0 Å². The Morgan fingerprint density at radius 1 is 1.42 bits per heavy atom. The first kappa shape index (κ1) is 9.07. The van der Waals surface area contributed by atoms with Crippen molar-refractivity contribution in [3.8, 4) is 5.75 Å². The van der Waals surface area contributed by atoms with Crippen LogP contribution in [0.2, 0.25) is 0 Å². The Kier molecular flexibility index (Phi) is 3.11. The molecule has 1 aromatic carbocycles. The van der Waals surface area contributed by atoms with E-state index >= 15 is 0 Å². The lowest BCUT2D eigenvalue weighted by atomic mass is 10.1. The van der Waals surface area contributed by atoms with Crippen molar-refractivity contribution in [2.45, 2.75) is 13.5 Å². The normalized spacial score (nSPS) is 9.92. The van der Waals surface area contributed by atoms with Gasteiger partial charge in [0.1, 0.15) is 5.75 Å². The van der Waals surface area contributed by atoms with Gasteiger partial charge in [0.2, 0.25) is 0 Å². The number of aryl methyl sites for hydroxylation is 1. The molecule has 0 heterocycles. The van der Waals surface area contributed by atoms with Gasteiger partial charge in [-0.2, -0.15) is 0 Å². The van der Waals surface area contributed by atoms with Crippen LogP contribution in [0.1, 0.15) is 11.1 Å². The fraction of sp³-hybridized carbons (Fsp3) is 0.400. The molecule has 1 N–H and O–H groups in total. The lowest BCUT2D eigenvalue weighted by Crippen LogP contribution is -2.08. The zero-order valence-electron chi connectivity index (χ0n) is 7.85. The van der Waals surface area contributed by atoms with Crippen LogP contribution in [0.25, 0.3) is 0 Å². The maximum Gasteiger partial charge on any atom is 0.123 e. The van der Waals surface area contributed by atoms with Crippen LogP contribution in [-0.2, 0) is 6.54 Å². The van der Waals surface area contributed by atoms with Crippen molar-refractivity contribution in [3.63, 3.8) is 0 Å². The largest absolute Gasteiger partial charge is 0.496 e. The Morgan fingerprint density at radius 3 is 2.75 bits per heavy atom. The maximum atomic E-state index is 5.24. The molecule has 12 heavy (non-hydrogen) atoms. The number of methoxy groups -OCH3 is 1. The molecule has 0 spiro atoms. The van der Waals surface area contributed by atoms with Gasteiger partial charge in [-0.05, 0) is 25.6 Å². The van der Waals surface area contributed by atoms with E-state index in [0.717, 1.165) is 12.3 Å². The second kappa shape index (κ2) is 4.12. The van der Waals surface area contributed by atoms with Gasteiger partial charge in [0.05, 0.1) is 7.11 Å². The van der Waals surface area contributed by atoms with Gasteiger partial charge in [-0.3, -0.25) is 0 Å². The molecule has 0 saturated carbocycles. The Bertz CT molecular complexity index is 258. The minimum Gasteiger partial charge on any atom is -0.496 e. The molecule has 0 bridgehead atoms. The zero-order chi connectivity index (χ0) is 8.97. The molecule has 0 aliphatic carbocycles. The molecule has 0 fully saturated rings. The Hall–Kier alpha value is -1.02. The molecule has 0 aliphatic rings. The topological polar surface area (TPSA) is 21.3 Å². The van der Waals surface area contributed by atoms with Crippen molar-refractivity contribution < 1.29 is 4.74 Å². The minimum atomic E-state index is 0.857. The van der Waals surface area contributed by atoms with Crippen LogP contribution in [0, 0.1) is 6.92 Å². The molecule has 2 nitrogen and oxygen atoms in total. The van der Waals surface area contributed by atoms with Crippen molar-refractivity contribution in [1.29, 1.82) is 0 Å². The Labute approximate surface area is 73.6 Å². The van der Waals surface area contributed by atoms with Crippen molar-refractivity contribution in [2.75, 3.05) is 14.2 Å². The van der Waals surface area contributed by atoms with E-state index < -0.39 is 0 Å². The predicted octanol–water partition coefficient (Wildman–Crippen LogP) is 1.72. The Morgan fingerprint density at radius 2 is 2.17 bits per heavy atom. The minimum absolute atomic E-state index is 0.857. The summed E-state index contributed by atoms with van der Waals surface area (Å²) in [6.07, 6.45) is 0. The fourth-order valence-electron chi connectivity index (χ4n) is 1.27. The lowest BCUT2D eigenvalue weighted by Gasteiger charge is -2.10. The summed E-state index contributed by atoms with van der Waals surface area (Å²) in [7, 11) is 3.64. The van der Waals surface area contributed by atoms with Crippen molar-refractivity contribution in [2.24, 2.45) is 0 Å². The number of benzene rings is 1. The molecule has 1 aromatic rings. The average Bonchev–Trinajstić information content (AvgIpc) is 2.09. The molecule has 0 radical (unpaired) electrons. The number of nitrogens with one attached hydrogen (secondary N) is 1. The van der Waals surface area contributed by atoms with Gasteiger partial charge in [-0.15, -0.1) is 0 Å². The molecule has 1 rings (SSSR count). The Balaban J connectivity index is 3.02. The summed E-state index contributed by atoms with van der Waals surface area (Å²) in [6.45, 7) is 2.95. The first-order valence-electron chi connectivity index (χ1n) is 4.06. The van der Waals surface area contributed by atoms with E-state index in [4.69, 9.17) is 4.74 Å². The number of hydrogen-bond acceptors (Lipinski definition) is 2. The van der Waals surface area contributed by atoms with Gasteiger partial charge in [0.25, 0.3) is 0 Å². The lowest BCUT2D eigenvalue weighted by molar-refractivity contribution is 0.408. The third kappa shape index (κ3) is 1.77. The van der Waals surface area contributed by atoms with Crippen LogP contribution in [0.15, 0.2) is 18.2 Å². The molecule has 0 amide bonds. The smallest absolute Gasteiger partial charge is 0.123 e. The second-order valence-electron chi connectivity index (χ2n) is 2.79. The highest BCUT2D eigenvalue weighted by molar-refractivity contribution is 5.39. The van der Waals surface area contributed by atoms with Crippen LogP contribution in [0.4, 0.5) is 0 Å². The van der Waals surface area contributed by atoms with Crippen LogP contribution in [0.3, 0.4) is 0 Å². The van der Waals surface area contributed by atoms with E-state index in [2.05, 4.69) is 18.3 Å². The summed E-state index contributed by atoms with van der Waals surface area (Å²) < 4.78 is 5.24. The molecule has 0 saturated heterocycles. The van der Waals surface area contributed by atoms with Crippen LogP contribution < -0.4 is 10.1 Å². The maximum absolute atomic E-state index is 5.24. The van der Waals surface area contributed by atoms with Gasteiger partial charge in [0.15, 0.2) is 0 Å². The van der Waals surface area contributed by atoms with Crippen molar-refractivity contribution >= 4 is 0 Å². The van der Waals surface area contributed by atoms with Crippen molar-refractivity contribution in [3.05, 3.63) is 29.3 Å². The molecule has 0 unspecified atom stereocenters. The first-order chi connectivity index (χ1) is 5.79. The van der Waals surface area contributed by atoms with Gasteiger partial charge in [-0.1, -0.05) is 12.1 Å². The van der Waals surface area contributed by atoms with Gasteiger partial charge < -0.3 is 10.1 Å². The van der Waals surface area contributed by atoms with Gasteiger partial charge >= 0.3 is 0 Å². The van der Waals surface area contributed by atoms with E-state index in [9.17, 15) is 0 Å². The number of rotatable bonds is 3.